The third-order valence-corrected chi connectivity index (χ3v) is 9.06. The predicted octanol–water partition coefficient (Wildman–Crippen LogP) is 10.7. The summed E-state index contributed by atoms with van der Waals surface area (Å²) in [5, 5.41) is 0. The highest BCUT2D eigenvalue weighted by Crippen LogP contribution is 2.38. The number of ether oxygens (including phenoxy) is 1. The lowest BCUT2D eigenvalue weighted by atomic mass is 9.77. The van der Waals surface area contributed by atoms with Crippen LogP contribution in [-0.2, 0) is 17.8 Å². The molecule has 2 aliphatic rings. The first-order valence-corrected chi connectivity index (χ1v) is 15.3. The third kappa shape index (κ3) is 8.76. The van der Waals surface area contributed by atoms with E-state index in [1.54, 1.807) is 0 Å². The van der Waals surface area contributed by atoms with Crippen LogP contribution < -0.4 is 0 Å². The lowest BCUT2D eigenvalue weighted by Crippen LogP contribution is -2.23. The highest BCUT2D eigenvalue weighted by atomic mass is 19.3. The lowest BCUT2D eigenvalue weighted by molar-refractivity contribution is -0.244. The Morgan fingerprint density at radius 3 is 1.87 bits per heavy atom. The van der Waals surface area contributed by atoms with Crippen molar-refractivity contribution in [1.82, 2.24) is 0 Å². The molecular formula is C35H48F2O. The minimum atomic E-state index is -3.18. The molecule has 0 saturated heterocycles. The quantitative estimate of drug-likeness (QED) is 0.199. The number of hydrogen-bond acceptors (Lipinski definition) is 1. The molecule has 2 aliphatic carbocycles. The Kier molecular flexibility index (Phi) is 11.0. The molecule has 3 heteroatoms. The van der Waals surface area contributed by atoms with Crippen LogP contribution >= 0.6 is 0 Å². The van der Waals surface area contributed by atoms with E-state index in [0.717, 1.165) is 11.5 Å². The number of unbranched alkanes of at least 4 members (excludes halogenated alkanes) is 2. The molecule has 0 N–H and O–H groups in total. The Balaban J connectivity index is 1.20. The largest absolute Gasteiger partial charge is 0.360 e. The summed E-state index contributed by atoms with van der Waals surface area (Å²) in [6, 6.07) is 16.0. The van der Waals surface area contributed by atoms with Crippen LogP contribution in [0, 0.1) is 11.8 Å². The molecule has 0 spiro atoms. The van der Waals surface area contributed by atoms with Gasteiger partial charge < -0.3 is 4.74 Å². The highest BCUT2D eigenvalue weighted by Gasteiger charge is 2.31. The number of rotatable bonds is 12. The molecule has 0 aliphatic heterocycles. The van der Waals surface area contributed by atoms with Gasteiger partial charge in [0.25, 0.3) is 0 Å². The van der Waals surface area contributed by atoms with Crippen molar-refractivity contribution in [2.45, 2.75) is 122 Å². The standard InChI is InChI=1S/C35H48F2O/c1-3-5-6-8-28-11-19-32(20-12-28)33-21-13-29(14-22-33)25-35(36,37)38-26-30-15-23-34(24-16-30)31-17-9-27(7-4-2)10-18-31/h4,7,13-16,21-24,27-28,31-32H,3,5-6,8-12,17-20,25-26H2,1-2H3. The van der Waals surface area contributed by atoms with Crippen LogP contribution in [0.15, 0.2) is 60.7 Å². The molecule has 0 heterocycles. The van der Waals surface area contributed by atoms with Crippen LogP contribution in [0.5, 0.6) is 0 Å². The second-order valence-corrected chi connectivity index (χ2v) is 11.9. The smallest absolute Gasteiger partial charge is 0.315 e. The van der Waals surface area contributed by atoms with E-state index in [0.29, 0.717) is 23.3 Å². The number of allylic oxidation sites excluding steroid dienone is 2. The van der Waals surface area contributed by atoms with Crippen molar-refractivity contribution in [3.05, 3.63) is 82.9 Å². The molecule has 2 aromatic rings. The molecular weight excluding hydrogens is 474 g/mol. The van der Waals surface area contributed by atoms with Gasteiger partial charge in [0.1, 0.15) is 0 Å². The molecule has 0 unspecified atom stereocenters. The van der Waals surface area contributed by atoms with Crippen LogP contribution in [0.3, 0.4) is 0 Å². The molecule has 0 aromatic heterocycles. The first-order valence-electron chi connectivity index (χ1n) is 15.3. The maximum absolute atomic E-state index is 14.7. The van der Waals surface area contributed by atoms with E-state index in [1.807, 2.05) is 24.3 Å². The van der Waals surface area contributed by atoms with Gasteiger partial charge >= 0.3 is 6.11 Å². The van der Waals surface area contributed by atoms with Crippen molar-refractivity contribution in [2.24, 2.45) is 11.8 Å². The number of halogens is 2. The Hall–Kier alpha value is -2.00. The Labute approximate surface area is 230 Å². The van der Waals surface area contributed by atoms with E-state index in [-0.39, 0.29) is 13.0 Å². The van der Waals surface area contributed by atoms with E-state index in [9.17, 15) is 8.78 Å². The summed E-state index contributed by atoms with van der Waals surface area (Å²) >= 11 is 0. The van der Waals surface area contributed by atoms with Crippen LogP contribution in [0.2, 0.25) is 0 Å². The molecule has 0 amide bonds. The Bertz CT molecular complexity index is 962. The zero-order valence-corrected chi connectivity index (χ0v) is 23.6. The van der Waals surface area contributed by atoms with Crippen LogP contribution in [0.25, 0.3) is 0 Å². The molecule has 2 saturated carbocycles. The summed E-state index contributed by atoms with van der Waals surface area (Å²) < 4.78 is 34.4. The van der Waals surface area contributed by atoms with Crippen LogP contribution in [-0.4, -0.2) is 6.11 Å². The minimum absolute atomic E-state index is 0.0686. The van der Waals surface area contributed by atoms with Crippen molar-refractivity contribution >= 4 is 0 Å². The van der Waals surface area contributed by atoms with Gasteiger partial charge in [-0.05, 0) is 104 Å². The molecule has 38 heavy (non-hydrogen) atoms. The zero-order chi connectivity index (χ0) is 26.8. The first kappa shape index (κ1) is 29.0. The fraction of sp³-hybridized carbons (Fsp3) is 0.600. The van der Waals surface area contributed by atoms with Gasteiger partial charge in [-0.15, -0.1) is 0 Å². The van der Waals surface area contributed by atoms with E-state index < -0.39 is 6.11 Å². The SMILES string of the molecule is CC=CC1CCC(c2ccc(COC(F)(F)Cc3ccc(C4CCC(CCCCC)CC4)cc3)cc2)CC1. The van der Waals surface area contributed by atoms with Gasteiger partial charge in [0.15, 0.2) is 0 Å². The summed E-state index contributed by atoms with van der Waals surface area (Å²) in [5.74, 6) is 2.75. The monoisotopic (exact) mass is 522 g/mol. The van der Waals surface area contributed by atoms with E-state index >= 15 is 0 Å². The lowest BCUT2D eigenvalue weighted by Gasteiger charge is -2.29. The number of benzene rings is 2. The van der Waals surface area contributed by atoms with Gasteiger partial charge in [-0.2, -0.15) is 8.78 Å². The normalized spacial score (nSPS) is 24.6. The molecule has 4 rings (SSSR count). The summed E-state index contributed by atoms with van der Waals surface area (Å²) in [5.41, 5.74) is 4.07. The predicted molar refractivity (Wildman–Crippen MR) is 155 cm³/mol. The average molecular weight is 523 g/mol. The maximum atomic E-state index is 14.7. The van der Waals surface area contributed by atoms with Gasteiger partial charge in [0.2, 0.25) is 0 Å². The molecule has 1 nitrogen and oxygen atoms in total. The van der Waals surface area contributed by atoms with Crippen molar-refractivity contribution in [1.29, 1.82) is 0 Å². The summed E-state index contributed by atoms with van der Waals surface area (Å²) in [4.78, 5) is 0. The van der Waals surface area contributed by atoms with Gasteiger partial charge in [-0.1, -0.05) is 93.3 Å². The van der Waals surface area contributed by atoms with Gasteiger partial charge in [-0.3, -0.25) is 0 Å². The van der Waals surface area contributed by atoms with Crippen LogP contribution in [0.4, 0.5) is 8.78 Å². The molecule has 208 valence electrons. The first-order chi connectivity index (χ1) is 18.5. The van der Waals surface area contributed by atoms with Gasteiger partial charge in [0, 0.05) is 0 Å². The summed E-state index contributed by atoms with van der Waals surface area (Å²) in [6.07, 6.45) is 16.2. The number of hydrogen-bond donors (Lipinski definition) is 0. The fourth-order valence-corrected chi connectivity index (χ4v) is 6.66. The number of alkyl halides is 2. The molecule has 0 atom stereocenters. The summed E-state index contributed by atoms with van der Waals surface area (Å²) in [6.45, 7) is 4.28. The van der Waals surface area contributed by atoms with Gasteiger partial charge in [-0.25, -0.2) is 0 Å². The highest BCUT2D eigenvalue weighted by molar-refractivity contribution is 5.27. The average Bonchev–Trinajstić information content (AvgIpc) is 2.94. The van der Waals surface area contributed by atoms with Crippen LogP contribution in [0.1, 0.15) is 125 Å². The fourth-order valence-electron chi connectivity index (χ4n) is 6.66. The van der Waals surface area contributed by atoms with Crippen molar-refractivity contribution in [2.75, 3.05) is 0 Å². The molecule has 2 fully saturated rings. The van der Waals surface area contributed by atoms with E-state index in [2.05, 4.69) is 50.3 Å². The van der Waals surface area contributed by atoms with E-state index in [4.69, 9.17) is 4.74 Å². The zero-order valence-electron chi connectivity index (χ0n) is 23.6. The van der Waals surface area contributed by atoms with Gasteiger partial charge in [0.05, 0.1) is 13.0 Å². The molecule has 0 radical (unpaired) electrons. The van der Waals surface area contributed by atoms with Crippen molar-refractivity contribution in [3.8, 4) is 0 Å². The second-order valence-electron chi connectivity index (χ2n) is 11.9. The second kappa shape index (κ2) is 14.4. The molecule has 0 bridgehead atoms. The van der Waals surface area contributed by atoms with Crippen molar-refractivity contribution in [3.63, 3.8) is 0 Å². The van der Waals surface area contributed by atoms with E-state index in [1.165, 1.54) is 88.2 Å². The Morgan fingerprint density at radius 2 is 1.32 bits per heavy atom. The van der Waals surface area contributed by atoms with Crippen molar-refractivity contribution < 1.29 is 13.5 Å². The third-order valence-electron chi connectivity index (χ3n) is 9.06. The minimum Gasteiger partial charge on any atom is -0.315 e. The summed E-state index contributed by atoms with van der Waals surface area (Å²) in [7, 11) is 0. The molecule has 2 aromatic carbocycles. The maximum Gasteiger partial charge on any atom is 0.360 e. The Morgan fingerprint density at radius 1 is 0.763 bits per heavy atom. The topological polar surface area (TPSA) is 9.23 Å².